The monoisotopic (exact) mass is 184 g/mol. The predicted molar refractivity (Wildman–Crippen MR) is 41.5 cm³/mol. The number of hydrogen-bond acceptors (Lipinski definition) is 4. The standard InChI is InChI=1S/C6H5ClN4O/c1-11-2-4(8-3-11)5-9-10-6(7)12-5/h2-3H,1H3. The first-order valence-corrected chi connectivity index (χ1v) is 3.61. The molecule has 6 heteroatoms. The normalized spacial score (nSPS) is 10.5. The third kappa shape index (κ3) is 1.18. The summed E-state index contributed by atoms with van der Waals surface area (Å²) < 4.78 is 6.74. The molecular formula is C6H5ClN4O. The van der Waals surface area contributed by atoms with Crippen molar-refractivity contribution in [2.24, 2.45) is 7.05 Å². The second-order valence-corrected chi connectivity index (χ2v) is 2.61. The molecule has 2 rings (SSSR count). The molecule has 0 amide bonds. The van der Waals surface area contributed by atoms with Gasteiger partial charge in [-0.05, 0) is 11.6 Å². The van der Waals surface area contributed by atoms with Crippen molar-refractivity contribution < 1.29 is 4.42 Å². The van der Waals surface area contributed by atoms with Gasteiger partial charge in [-0.2, -0.15) is 0 Å². The second-order valence-electron chi connectivity index (χ2n) is 2.28. The number of rotatable bonds is 1. The molecule has 2 heterocycles. The summed E-state index contributed by atoms with van der Waals surface area (Å²) in [4.78, 5) is 4.01. The van der Waals surface area contributed by atoms with Crippen LogP contribution >= 0.6 is 11.6 Å². The highest BCUT2D eigenvalue weighted by Gasteiger charge is 2.08. The van der Waals surface area contributed by atoms with Crippen molar-refractivity contribution in [1.29, 1.82) is 0 Å². The first-order valence-electron chi connectivity index (χ1n) is 3.23. The van der Waals surface area contributed by atoms with Crippen LogP contribution in [0.5, 0.6) is 0 Å². The number of imidazole rings is 1. The highest BCUT2D eigenvalue weighted by Crippen LogP contribution is 2.16. The summed E-state index contributed by atoms with van der Waals surface area (Å²) in [5.41, 5.74) is 0.622. The Hall–Kier alpha value is -1.36. The molecule has 0 fully saturated rings. The van der Waals surface area contributed by atoms with E-state index in [0.717, 1.165) is 0 Å². The molecule has 0 aliphatic rings. The Labute approximate surface area is 73.0 Å². The molecule has 0 unspecified atom stereocenters. The van der Waals surface area contributed by atoms with Crippen LogP contribution in [0.25, 0.3) is 11.6 Å². The number of aromatic nitrogens is 4. The SMILES string of the molecule is Cn1cnc(-c2nnc(Cl)o2)c1. The highest BCUT2D eigenvalue weighted by atomic mass is 35.5. The van der Waals surface area contributed by atoms with Crippen molar-refractivity contribution in [3.05, 3.63) is 17.9 Å². The van der Waals surface area contributed by atoms with Crippen LogP contribution < -0.4 is 0 Å². The molecule has 0 saturated carbocycles. The highest BCUT2D eigenvalue weighted by molar-refractivity contribution is 6.27. The van der Waals surface area contributed by atoms with Crippen LogP contribution in [0.1, 0.15) is 0 Å². The van der Waals surface area contributed by atoms with Crippen LogP contribution in [0, 0.1) is 0 Å². The molecule has 0 bridgehead atoms. The van der Waals surface area contributed by atoms with E-state index in [1.54, 1.807) is 17.1 Å². The molecule has 0 aromatic carbocycles. The Morgan fingerprint density at radius 3 is 2.83 bits per heavy atom. The first kappa shape index (κ1) is 7.30. The van der Waals surface area contributed by atoms with E-state index in [1.165, 1.54) is 0 Å². The smallest absolute Gasteiger partial charge is 0.313 e. The van der Waals surface area contributed by atoms with Crippen LogP contribution in [-0.4, -0.2) is 19.7 Å². The molecule has 62 valence electrons. The minimum absolute atomic E-state index is 0.0238. The molecule has 2 aromatic heterocycles. The van der Waals surface area contributed by atoms with Crippen LogP contribution in [0.15, 0.2) is 16.9 Å². The molecule has 0 N–H and O–H groups in total. The molecule has 12 heavy (non-hydrogen) atoms. The number of hydrogen-bond donors (Lipinski definition) is 0. The summed E-state index contributed by atoms with van der Waals surface area (Å²) >= 11 is 5.44. The third-order valence-corrected chi connectivity index (χ3v) is 1.48. The maximum atomic E-state index is 5.44. The maximum Gasteiger partial charge on any atom is 0.313 e. The van der Waals surface area contributed by atoms with Crippen molar-refractivity contribution in [3.63, 3.8) is 0 Å². The summed E-state index contributed by atoms with van der Waals surface area (Å²) in [7, 11) is 1.86. The summed E-state index contributed by atoms with van der Waals surface area (Å²) in [6.07, 6.45) is 3.41. The molecule has 0 radical (unpaired) electrons. The molecule has 0 aliphatic carbocycles. The van der Waals surface area contributed by atoms with E-state index >= 15 is 0 Å². The van der Waals surface area contributed by atoms with Gasteiger partial charge < -0.3 is 8.98 Å². The average molecular weight is 185 g/mol. The van der Waals surface area contributed by atoms with Gasteiger partial charge in [-0.15, -0.1) is 5.10 Å². The van der Waals surface area contributed by atoms with E-state index in [2.05, 4.69) is 15.2 Å². The zero-order chi connectivity index (χ0) is 8.55. The van der Waals surface area contributed by atoms with E-state index < -0.39 is 0 Å². The van der Waals surface area contributed by atoms with Gasteiger partial charge in [0.2, 0.25) is 0 Å². The van der Waals surface area contributed by atoms with Gasteiger partial charge in [0, 0.05) is 13.2 Å². The van der Waals surface area contributed by atoms with Crippen molar-refractivity contribution in [2.45, 2.75) is 0 Å². The summed E-state index contributed by atoms with van der Waals surface area (Å²) in [6, 6.07) is 0. The van der Waals surface area contributed by atoms with Gasteiger partial charge in [-0.25, -0.2) is 4.98 Å². The minimum atomic E-state index is 0.0238. The Morgan fingerprint density at radius 2 is 2.33 bits per heavy atom. The lowest BCUT2D eigenvalue weighted by atomic mass is 10.5. The zero-order valence-corrected chi connectivity index (χ0v) is 6.99. The lowest BCUT2D eigenvalue weighted by Gasteiger charge is -1.83. The number of halogens is 1. The maximum absolute atomic E-state index is 5.44. The van der Waals surface area contributed by atoms with Gasteiger partial charge in [-0.3, -0.25) is 0 Å². The molecule has 2 aromatic rings. The molecule has 0 aliphatic heterocycles. The van der Waals surface area contributed by atoms with Gasteiger partial charge in [0.25, 0.3) is 5.89 Å². The van der Waals surface area contributed by atoms with Gasteiger partial charge >= 0.3 is 5.35 Å². The Morgan fingerprint density at radius 1 is 1.50 bits per heavy atom. The molecule has 0 spiro atoms. The van der Waals surface area contributed by atoms with Crippen molar-refractivity contribution >= 4 is 11.6 Å². The zero-order valence-electron chi connectivity index (χ0n) is 6.23. The summed E-state index contributed by atoms with van der Waals surface area (Å²) in [6.45, 7) is 0. The van der Waals surface area contributed by atoms with Crippen LogP contribution in [-0.2, 0) is 7.05 Å². The third-order valence-electron chi connectivity index (χ3n) is 1.32. The molecule has 0 saturated heterocycles. The second kappa shape index (κ2) is 2.60. The van der Waals surface area contributed by atoms with E-state index in [-0.39, 0.29) is 5.35 Å². The van der Waals surface area contributed by atoms with Crippen molar-refractivity contribution in [1.82, 2.24) is 19.7 Å². The van der Waals surface area contributed by atoms with Crippen molar-refractivity contribution in [3.8, 4) is 11.6 Å². The van der Waals surface area contributed by atoms with Gasteiger partial charge in [0.1, 0.15) is 5.69 Å². The minimum Gasteiger partial charge on any atom is -0.406 e. The van der Waals surface area contributed by atoms with Gasteiger partial charge in [-0.1, -0.05) is 5.10 Å². The summed E-state index contributed by atoms with van der Waals surface area (Å²) in [5, 5.41) is 7.20. The van der Waals surface area contributed by atoms with Gasteiger partial charge in [0.05, 0.1) is 6.33 Å². The van der Waals surface area contributed by atoms with E-state index in [1.807, 2.05) is 7.05 Å². The summed E-state index contributed by atoms with van der Waals surface area (Å²) in [5.74, 6) is 0.334. The molecule has 0 atom stereocenters. The largest absolute Gasteiger partial charge is 0.406 e. The van der Waals surface area contributed by atoms with Gasteiger partial charge in [0.15, 0.2) is 0 Å². The Kier molecular flexibility index (Phi) is 1.58. The fourth-order valence-electron chi connectivity index (χ4n) is 0.832. The topological polar surface area (TPSA) is 56.7 Å². The number of nitrogens with zero attached hydrogens (tertiary/aromatic N) is 4. The van der Waals surface area contributed by atoms with Crippen LogP contribution in [0.4, 0.5) is 0 Å². The van der Waals surface area contributed by atoms with Crippen molar-refractivity contribution in [2.75, 3.05) is 0 Å². The van der Waals surface area contributed by atoms with E-state index in [0.29, 0.717) is 11.6 Å². The molecule has 5 nitrogen and oxygen atoms in total. The van der Waals surface area contributed by atoms with E-state index in [9.17, 15) is 0 Å². The lowest BCUT2D eigenvalue weighted by Crippen LogP contribution is -1.78. The molecular weight excluding hydrogens is 180 g/mol. The average Bonchev–Trinajstić information content (AvgIpc) is 2.58. The fourth-order valence-corrected chi connectivity index (χ4v) is 0.943. The number of aryl methyl sites for hydroxylation is 1. The quantitative estimate of drug-likeness (QED) is 0.667. The lowest BCUT2D eigenvalue weighted by molar-refractivity contribution is 0.569. The van der Waals surface area contributed by atoms with Crippen LogP contribution in [0.3, 0.4) is 0 Å². The predicted octanol–water partition coefficient (Wildman–Crippen LogP) is 1.12. The fraction of sp³-hybridized carbons (Fsp3) is 0.167. The Bertz CT molecular complexity index is 355. The first-order chi connectivity index (χ1) is 5.75. The van der Waals surface area contributed by atoms with E-state index in [4.69, 9.17) is 16.0 Å². The van der Waals surface area contributed by atoms with Crippen LogP contribution in [0.2, 0.25) is 5.35 Å². The Balaban J connectivity index is 2.43.